The van der Waals surface area contributed by atoms with Gasteiger partial charge in [0.05, 0.1) is 17.0 Å². The minimum atomic E-state index is -0.601. The van der Waals surface area contributed by atoms with Crippen LogP contribution in [0.1, 0.15) is 43.6 Å². The first-order valence-corrected chi connectivity index (χ1v) is 11.3. The van der Waals surface area contributed by atoms with Crippen LogP contribution in [0.25, 0.3) is 0 Å². The van der Waals surface area contributed by atoms with Crippen molar-refractivity contribution in [3.63, 3.8) is 0 Å². The van der Waals surface area contributed by atoms with Gasteiger partial charge in [-0.3, -0.25) is 9.59 Å². The fourth-order valence-electron chi connectivity index (χ4n) is 3.20. The number of hydrogen-bond donors (Lipinski definition) is 2. The molecule has 1 heterocycles. The highest BCUT2D eigenvalue weighted by atomic mass is 32.1. The molecule has 0 radical (unpaired) electrons. The van der Waals surface area contributed by atoms with Crippen LogP contribution >= 0.6 is 11.3 Å². The second-order valence-electron chi connectivity index (χ2n) is 7.41. The molecule has 0 spiro atoms. The molecule has 0 saturated heterocycles. The number of aryl methyl sites for hydroxylation is 2. The van der Waals surface area contributed by atoms with Crippen LogP contribution in [-0.4, -0.2) is 31.0 Å². The predicted octanol–water partition coefficient (Wildman–Crippen LogP) is 5.12. The van der Waals surface area contributed by atoms with Gasteiger partial charge in [-0.1, -0.05) is 30.3 Å². The third kappa shape index (κ3) is 5.98. The van der Waals surface area contributed by atoms with E-state index in [4.69, 9.17) is 9.47 Å². The minimum Gasteiger partial charge on any atom is -0.483 e. The Kier molecular flexibility index (Phi) is 7.84. The maximum absolute atomic E-state index is 12.9. The van der Waals surface area contributed by atoms with Crippen molar-refractivity contribution in [3.8, 4) is 5.75 Å². The molecule has 0 aliphatic heterocycles. The first-order valence-electron chi connectivity index (χ1n) is 10.5. The van der Waals surface area contributed by atoms with Crippen LogP contribution in [0.2, 0.25) is 0 Å². The van der Waals surface area contributed by atoms with Gasteiger partial charge >= 0.3 is 5.97 Å². The molecule has 0 aliphatic carbocycles. The van der Waals surface area contributed by atoms with Crippen molar-refractivity contribution in [3.05, 3.63) is 75.7 Å². The van der Waals surface area contributed by atoms with Crippen molar-refractivity contribution < 1.29 is 23.9 Å². The first-order chi connectivity index (χ1) is 15.8. The van der Waals surface area contributed by atoms with Crippen LogP contribution in [0.4, 0.5) is 10.7 Å². The second kappa shape index (κ2) is 10.8. The summed E-state index contributed by atoms with van der Waals surface area (Å²) >= 11 is 1.02. The smallest absolute Gasteiger partial charge is 0.341 e. The standard InChI is InChI=1S/C25H26N2O5S/c1-5-31-25(30)21-17(4)22(23(29)26-18-11-8-9-15(2)13-18)33-24(21)27-20(28)14-32-19-12-7-6-10-16(19)3/h6-13H,5,14H2,1-4H3,(H,26,29)(H,27,28). The van der Waals surface area contributed by atoms with E-state index >= 15 is 0 Å². The van der Waals surface area contributed by atoms with Crippen molar-refractivity contribution in [1.82, 2.24) is 0 Å². The SMILES string of the molecule is CCOC(=O)c1c(NC(=O)COc2ccccc2C)sc(C(=O)Nc2cccc(C)c2)c1C. The van der Waals surface area contributed by atoms with E-state index < -0.39 is 11.9 Å². The molecule has 7 nitrogen and oxygen atoms in total. The van der Waals surface area contributed by atoms with Crippen LogP contribution in [0, 0.1) is 20.8 Å². The number of benzene rings is 2. The molecule has 2 amide bonds. The molecule has 0 bridgehead atoms. The van der Waals surface area contributed by atoms with Gasteiger partial charge < -0.3 is 20.1 Å². The maximum atomic E-state index is 12.9. The molecule has 0 fully saturated rings. The van der Waals surface area contributed by atoms with Gasteiger partial charge in [-0.25, -0.2) is 4.79 Å². The molecule has 0 unspecified atom stereocenters. The Morgan fingerprint density at radius 1 is 0.970 bits per heavy atom. The minimum absolute atomic E-state index is 0.167. The topological polar surface area (TPSA) is 93.7 Å². The summed E-state index contributed by atoms with van der Waals surface area (Å²) in [5.41, 5.74) is 3.16. The lowest BCUT2D eigenvalue weighted by atomic mass is 10.1. The molecule has 0 atom stereocenters. The highest BCUT2D eigenvalue weighted by Gasteiger charge is 2.27. The Bertz CT molecular complexity index is 1190. The van der Waals surface area contributed by atoms with Gasteiger partial charge in [-0.2, -0.15) is 0 Å². The first kappa shape index (κ1) is 24.0. The van der Waals surface area contributed by atoms with Gasteiger partial charge in [0.15, 0.2) is 6.61 Å². The average molecular weight is 467 g/mol. The van der Waals surface area contributed by atoms with Gasteiger partial charge in [-0.05, 0) is 62.6 Å². The van der Waals surface area contributed by atoms with Crippen LogP contribution < -0.4 is 15.4 Å². The van der Waals surface area contributed by atoms with E-state index in [0.717, 1.165) is 22.5 Å². The quantitative estimate of drug-likeness (QED) is 0.450. The van der Waals surface area contributed by atoms with E-state index in [9.17, 15) is 14.4 Å². The Hall–Kier alpha value is -3.65. The number of hydrogen-bond acceptors (Lipinski definition) is 6. The zero-order valence-corrected chi connectivity index (χ0v) is 19.8. The van der Waals surface area contributed by atoms with E-state index in [1.165, 1.54) is 0 Å². The third-order valence-electron chi connectivity index (χ3n) is 4.81. The Labute approximate surface area is 196 Å². The molecule has 1 aromatic heterocycles. The molecular weight excluding hydrogens is 440 g/mol. The Morgan fingerprint density at radius 2 is 1.73 bits per heavy atom. The second-order valence-corrected chi connectivity index (χ2v) is 8.43. The number of carbonyl (C=O) groups is 3. The van der Waals surface area contributed by atoms with Crippen molar-refractivity contribution in [2.45, 2.75) is 27.7 Å². The molecule has 3 rings (SSSR count). The zero-order valence-electron chi connectivity index (χ0n) is 19.0. The van der Waals surface area contributed by atoms with Gasteiger partial charge in [0.25, 0.3) is 11.8 Å². The number of carbonyl (C=O) groups excluding carboxylic acids is 3. The highest BCUT2D eigenvalue weighted by Crippen LogP contribution is 2.34. The van der Waals surface area contributed by atoms with Crippen LogP contribution in [-0.2, 0) is 9.53 Å². The Balaban J connectivity index is 1.82. The fourth-order valence-corrected chi connectivity index (χ4v) is 4.31. The lowest BCUT2D eigenvalue weighted by Gasteiger charge is -2.10. The summed E-state index contributed by atoms with van der Waals surface area (Å²) in [4.78, 5) is 38.4. The number of para-hydroxylation sites is 1. The van der Waals surface area contributed by atoms with Gasteiger partial charge in [-0.15, -0.1) is 11.3 Å². The van der Waals surface area contributed by atoms with Gasteiger partial charge in [0.1, 0.15) is 10.8 Å². The number of rotatable bonds is 8. The summed E-state index contributed by atoms with van der Waals surface area (Å²) in [5, 5.41) is 5.79. The molecule has 0 aliphatic rings. The van der Waals surface area contributed by atoms with E-state index in [2.05, 4.69) is 10.6 Å². The molecular formula is C25H26N2O5S. The molecule has 8 heteroatoms. The maximum Gasteiger partial charge on any atom is 0.341 e. The Morgan fingerprint density at radius 3 is 2.42 bits per heavy atom. The third-order valence-corrected chi connectivity index (χ3v) is 6.02. The average Bonchev–Trinajstić information content (AvgIpc) is 3.09. The predicted molar refractivity (Wildman–Crippen MR) is 129 cm³/mol. The molecule has 0 saturated carbocycles. The van der Waals surface area contributed by atoms with Crippen LogP contribution in [0.5, 0.6) is 5.75 Å². The summed E-state index contributed by atoms with van der Waals surface area (Å²) in [5.74, 6) is -0.823. The largest absolute Gasteiger partial charge is 0.483 e. The lowest BCUT2D eigenvalue weighted by Crippen LogP contribution is -2.21. The number of nitrogens with one attached hydrogen (secondary N) is 2. The van der Waals surface area contributed by atoms with E-state index in [1.807, 2.05) is 50.2 Å². The van der Waals surface area contributed by atoms with Crippen molar-refractivity contribution in [1.29, 1.82) is 0 Å². The van der Waals surface area contributed by atoms with Crippen molar-refractivity contribution in [2.24, 2.45) is 0 Å². The molecule has 3 aromatic rings. The van der Waals surface area contributed by atoms with Crippen molar-refractivity contribution in [2.75, 3.05) is 23.8 Å². The monoisotopic (exact) mass is 466 g/mol. The summed E-state index contributed by atoms with van der Waals surface area (Å²) in [6.07, 6.45) is 0. The van der Waals surface area contributed by atoms with E-state index in [-0.39, 0.29) is 29.7 Å². The zero-order chi connectivity index (χ0) is 24.0. The number of amides is 2. The number of esters is 1. The number of ether oxygens (including phenoxy) is 2. The molecule has 33 heavy (non-hydrogen) atoms. The highest BCUT2D eigenvalue weighted by molar-refractivity contribution is 7.19. The molecule has 2 aromatic carbocycles. The summed E-state index contributed by atoms with van der Waals surface area (Å²) in [6.45, 7) is 7.09. The van der Waals surface area contributed by atoms with Crippen LogP contribution in [0.15, 0.2) is 48.5 Å². The lowest BCUT2D eigenvalue weighted by molar-refractivity contribution is -0.118. The molecule has 2 N–H and O–H groups in total. The number of thiophene rings is 1. The molecule has 172 valence electrons. The van der Waals surface area contributed by atoms with E-state index in [0.29, 0.717) is 21.9 Å². The fraction of sp³-hybridized carbons (Fsp3) is 0.240. The van der Waals surface area contributed by atoms with Gasteiger partial charge in [0, 0.05) is 5.69 Å². The summed E-state index contributed by atoms with van der Waals surface area (Å²) in [6, 6.07) is 14.8. The van der Waals surface area contributed by atoms with Gasteiger partial charge in [0.2, 0.25) is 0 Å². The summed E-state index contributed by atoms with van der Waals surface area (Å²) in [7, 11) is 0. The van der Waals surface area contributed by atoms with E-state index in [1.54, 1.807) is 26.0 Å². The van der Waals surface area contributed by atoms with Crippen molar-refractivity contribution >= 4 is 39.8 Å². The van der Waals surface area contributed by atoms with Crippen LogP contribution in [0.3, 0.4) is 0 Å². The number of anilines is 2. The summed E-state index contributed by atoms with van der Waals surface area (Å²) < 4.78 is 10.7. The normalized spacial score (nSPS) is 10.4.